The van der Waals surface area contributed by atoms with E-state index in [0.29, 0.717) is 10.5 Å². The Kier molecular flexibility index (Phi) is 7.06. The number of carbonyl (C=O) groups is 2. The van der Waals surface area contributed by atoms with Crippen molar-refractivity contribution in [2.45, 2.75) is 24.9 Å². The molecule has 1 aliphatic heterocycles. The van der Waals surface area contributed by atoms with Crippen molar-refractivity contribution in [1.29, 1.82) is 0 Å². The van der Waals surface area contributed by atoms with Gasteiger partial charge in [0.05, 0.1) is 23.4 Å². The van der Waals surface area contributed by atoms with Gasteiger partial charge in [-0.05, 0) is 17.7 Å². The summed E-state index contributed by atoms with van der Waals surface area (Å²) < 4.78 is 80.5. The van der Waals surface area contributed by atoms with Gasteiger partial charge >= 0.3 is 12.4 Å². The van der Waals surface area contributed by atoms with Gasteiger partial charge in [0.15, 0.2) is 0 Å². The molecule has 192 valence electrons. The van der Waals surface area contributed by atoms with Crippen LogP contribution in [0.15, 0.2) is 83.9 Å². The molecule has 1 N–H and O–H groups in total. The first-order chi connectivity index (χ1) is 17.4. The van der Waals surface area contributed by atoms with Gasteiger partial charge in [-0.15, -0.1) is 0 Å². The van der Waals surface area contributed by atoms with Gasteiger partial charge in [0.2, 0.25) is 12.1 Å². The Morgan fingerprint density at radius 2 is 1.49 bits per heavy atom. The molecule has 1 atom stereocenters. The topological polar surface area (TPSA) is 61.8 Å². The molecule has 1 heterocycles. The van der Waals surface area contributed by atoms with Crippen molar-refractivity contribution in [1.82, 2.24) is 5.32 Å². The van der Waals surface area contributed by atoms with Crippen molar-refractivity contribution in [2.75, 3.05) is 11.4 Å². The first-order valence-electron chi connectivity index (χ1n) is 11.0. The van der Waals surface area contributed by atoms with Crippen LogP contribution in [-0.4, -0.2) is 36.4 Å². The molecule has 3 aromatic carbocycles. The zero-order chi connectivity index (χ0) is 26.8. The van der Waals surface area contributed by atoms with Crippen LogP contribution in [0.4, 0.5) is 32.0 Å². The quantitative estimate of drug-likeness (QED) is 0.475. The summed E-state index contributed by atoms with van der Waals surface area (Å²) in [6.45, 7) is -1.65. The lowest BCUT2D eigenvalue weighted by atomic mass is 10.0. The van der Waals surface area contributed by atoms with E-state index in [0.717, 1.165) is 12.1 Å². The number of aliphatic imine (C=N–C) groups is 1. The lowest BCUT2D eigenvalue weighted by Gasteiger charge is -2.26. The third kappa shape index (κ3) is 5.99. The first kappa shape index (κ1) is 25.9. The van der Waals surface area contributed by atoms with E-state index in [4.69, 9.17) is 0 Å². The third-order valence-corrected chi connectivity index (χ3v) is 5.56. The molecule has 11 heteroatoms. The first-order valence-corrected chi connectivity index (χ1v) is 11.0. The van der Waals surface area contributed by atoms with E-state index in [-0.39, 0.29) is 22.5 Å². The molecular formula is C26H19F6N3O2. The molecule has 0 aromatic heterocycles. The van der Waals surface area contributed by atoms with Crippen LogP contribution in [0.5, 0.6) is 0 Å². The number of benzene rings is 3. The van der Waals surface area contributed by atoms with E-state index < -0.39 is 48.9 Å². The number of hydrogen-bond acceptors (Lipinski definition) is 3. The van der Waals surface area contributed by atoms with Crippen LogP contribution >= 0.6 is 0 Å². The number of amides is 2. The normalized spacial score (nSPS) is 16.1. The van der Waals surface area contributed by atoms with Crippen molar-refractivity contribution in [3.63, 3.8) is 0 Å². The summed E-state index contributed by atoms with van der Waals surface area (Å²) >= 11 is 0. The van der Waals surface area contributed by atoms with Gasteiger partial charge in [0.1, 0.15) is 6.54 Å². The smallest absolute Gasteiger partial charge is 0.326 e. The van der Waals surface area contributed by atoms with E-state index in [2.05, 4.69) is 10.3 Å². The Hall–Kier alpha value is -4.15. The number of nitrogens with zero attached hydrogens (tertiary/aromatic N) is 2. The molecule has 0 saturated carbocycles. The molecule has 0 aliphatic carbocycles. The Bertz CT molecular complexity index is 1340. The fourth-order valence-electron chi connectivity index (χ4n) is 4.02. The minimum absolute atomic E-state index is 0.0633. The Morgan fingerprint density at radius 3 is 2.16 bits per heavy atom. The Morgan fingerprint density at radius 1 is 0.865 bits per heavy atom. The van der Waals surface area contributed by atoms with E-state index in [1.807, 2.05) is 0 Å². The van der Waals surface area contributed by atoms with Gasteiger partial charge in [0.25, 0.3) is 5.91 Å². The second-order valence-corrected chi connectivity index (χ2v) is 8.20. The fraction of sp³-hybridized carbons (Fsp3) is 0.192. The Balaban J connectivity index is 1.75. The molecule has 0 fully saturated rings. The molecule has 0 spiro atoms. The highest BCUT2D eigenvalue weighted by atomic mass is 19.4. The van der Waals surface area contributed by atoms with Crippen LogP contribution in [0.3, 0.4) is 0 Å². The van der Waals surface area contributed by atoms with E-state index in [1.165, 1.54) is 30.3 Å². The van der Waals surface area contributed by atoms with Crippen molar-refractivity contribution in [2.24, 2.45) is 4.99 Å². The SMILES string of the molecule is O=C(Cc1ccccc1C(F)(F)F)N[C@@H]1N=C(c2ccccc2)c2ccccc2N(CC(F)(F)F)C1=O. The van der Waals surface area contributed by atoms with Gasteiger partial charge in [-0.2, -0.15) is 26.3 Å². The van der Waals surface area contributed by atoms with Crippen LogP contribution in [0.2, 0.25) is 0 Å². The fourth-order valence-corrected chi connectivity index (χ4v) is 4.02. The summed E-state index contributed by atoms with van der Waals surface area (Å²) in [5.41, 5.74) is -0.598. The summed E-state index contributed by atoms with van der Waals surface area (Å²) in [7, 11) is 0. The minimum atomic E-state index is -4.78. The van der Waals surface area contributed by atoms with Crippen LogP contribution < -0.4 is 10.2 Å². The van der Waals surface area contributed by atoms with Crippen LogP contribution in [-0.2, 0) is 22.2 Å². The summed E-state index contributed by atoms with van der Waals surface area (Å²) in [6, 6.07) is 18.6. The van der Waals surface area contributed by atoms with E-state index in [9.17, 15) is 35.9 Å². The van der Waals surface area contributed by atoms with E-state index >= 15 is 0 Å². The highest BCUT2D eigenvalue weighted by Gasteiger charge is 2.40. The van der Waals surface area contributed by atoms with Crippen molar-refractivity contribution in [3.05, 3.63) is 101 Å². The minimum Gasteiger partial charge on any atom is -0.326 e. The van der Waals surface area contributed by atoms with Crippen molar-refractivity contribution >= 4 is 23.2 Å². The number of anilines is 1. The predicted molar refractivity (Wildman–Crippen MR) is 124 cm³/mol. The zero-order valence-electron chi connectivity index (χ0n) is 19.0. The molecule has 3 aromatic rings. The molecule has 1 aliphatic rings. The van der Waals surface area contributed by atoms with Crippen molar-refractivity contribution < 1.29 is 35.9 Å². The monoisotopic (exact) mass is 519 g/mol. The molecule has 5 nitrogen and oxygen atoms in total. The summed E-state index contributed by atoms with van der Waals surface area (Å²) in [6.07, 6.45) is -12.1. The maximum atomic E-state index is 13.5. The third-order valence-electron chi connectivity index (χ3n) is 5.56. The number of alkyl halides is 6. The molecule has 0 saturated heterocycles. The standard InChI is InChI=1S/C26H19F6N3O2/c27-25(28,29)15-35-20-13-7-5-11-18(20)22(16-8-2-1-3-9-16)34-23(24(35)37)33-21(36)14-17-10-4-6-12-19(17)26(30,31)32/h1-13,23H,14-15H2,(H,33,36)/t23-/m1/s1. The zero-order valence-corrected chi connectivity index (χ0v) is 19.0. The molecular weight excluding hydrogens is 500 g/mol. The van der Waals surface area contributed by atoms with Gasteiger partial charge in [0, 0.05) is 11.1 Å². The average Bonchev–Trinajstić information content (AvgIpc) is 2.94. The molecule has 37 heavy (non-hydrogen) atoms. The number of halogens is 6. The van der Waals surface area contributed by atoms with Crippen LogP contribution in [0.1, 0.15) is 22.3 Å². The predicted octanol–water partition coefficient (Wildman–Crippen LogP) is 5.14. The summed E-state index contributed by atoms with van der Waals surface area (Å²) in [4.78, 5) is 30.9. The van der Waals surface area contributed by atoms with Crippen LogP contribution in [0, 0.1) is 0 Å². The highest BCUT2D eigenvalue weighted by molar-refractivity contribution is 6.20. The number of rotatable bonds is 5. The molecule has 4 rings (SSSR count). The lowest BCUT2D eigenvalue weighted by molar-refractivity contribution is -0.138. The second-order valence-electron chi connectivity index (χ2n) is 8.20. The van der Waals surface area contributed by atoms with Gasteiger partial charge in [-0.1, -0.05) is 66.7 Å². The number of para-hydroxylation sites is 1. The van der Waals surface area contributed by atoms with Gasteiger partial charge in [-0.3, -0.25) is 14.5 Å². The highest BCUT2D eigenvalue weighted by Crippen LogP contribution is 2.33. The average molecular weight is 519 g/mol. The molecule has 0 bridgehead atoms. The molecule has 0 radical (unpaired) electrons. The van der Waals surface area contributed by atoms with E-state index in [1.54, 1.807) is 36.4 Å². The van der Waals surface area contributed by atoms with Gasteiger partial charge in [-0.25, -0.2) is 4.99 Å². The maximum Gasteiger partial charge on any atom is 0.416 e. The number of fused-ring (bicyclic) bond motifs is 1. The number of nitrogens with one attached hydrogen (secondary N) is 1. The number of benzodiazepines with no additional fused rings is 1. The molecule has 2 amide bonds. The Labute approximate surface area is 207 Å². The second kappa shape index (κ2) is 10.1. The maximum absolute atomic E-state index is 13.5. The van der Waals surface area contributed by atoms with Crippen LogP contribution in [0.25, 0.3) is 0 Å². The van der Waals surface area contributed by atoms with Gasteiger partial charge < -0.3 is 5.32 Å². The number of hydrogen-bond donors (Lipinski definition) is 1. The summed E-state index contributed by atoms with van der Waals surface area (Å²) in [5, 5.41) is 2.23. The summed E-state index contributed by atoms with van der Waals surface area (Å²) in [5.74, 6) is -2.18. The number of carbonyl (C=O) groups excluding carboxylic acids is 2. The lowest BCUT2D eigenvalue weighted by Crippen LogP contribution is -2.50. The largest absolute Gasteiger partial charge is 0.416 e. The van der Waals surface area contributed by atoms with Crippen molar-refractivity contribution in [3.8, 4) is 0 Å². The molecule has 0 unspecified atom stereocenters.